The molecule has 0 spiro atoms. The molecule has 0 aliphatic heterocycles. The van der Waals surface area contributed by atoms with E-state index in [4.69, 9.17) is 10.5 Å². The van der Waals surface area contributed by atoms with E-state index in [1.54, 1.807) is 23.0 Å². The van der Waals surface area contributed by atoms with Crippen molar-refractivity contribution in [2.24, 2.45) is 5.73 Å². The molecule has 2 heterocycles. The van der Waals surface area contributed by atoms with Crippen molar-refractivity contribution in [3.05, 3.63) is 10.8 Å². The zero-order chi connectivity index (χ0) is 11.8. The van der Waals surface area contributed by atoms with Crippen LogP contribution in [0, 0.1) is 0 Å². The lowest BCUT2D eigenvalue weighted by Gasteiger charge is -2.03. The van der Waals surface area contributed by atoms with Crippen molar-refractivity contribution in [1.82, 2.24) is 19.8 Å². The summed E-state index contributed by atoms with van der Waals surface area (Å²) in [6.45, 7) is 0.439. The number of aromatic nitrogens is 4. The highest BCUT2D eigenvalue weighted by molar-refractivity contribution is 7.16. The highest BCUT2D eigenvalue weighted by Gasteiger charge is 2.27. The van der Waals surface area contributed by atoms with E-state index < -0.39 is 0 Å². The first-order valence-corrected chi connectivity index (χ1v) is 6.55. The van der Waals surface area contributed by atoms with Gasteiger partial charge in [0.1, 0.15) is 11.6 Å². The van der Waals surface area contributed by atoms with Gasteiger partial charge in [-0.3, -0.25) is 0 Å². The van der Waals surface area contributed by atoms with Crippen LogP contribution in [0.2, 0.25) is 0 Å². The molecule has 3 rings (SSSR count). The Bertz CT molecular complexity index is 522. The summed E-state index contributed by atoms with van der Waals surface area (Å²) in [5.74, 6) is 1.25. The van der Waals surface area contributed by atoms with E-state index in [0.717, 1.165) is 35.1 Å². The number of methoxy groups -OCH3 is 1. The van der Waals surface area contributed by atoms with Crippen molar-refractivity contribution >= 4 is 16.3 Å². The summed E-state index contributed by atoms with van der Waals surface area (Å²) < 4.78 is 6.85. The maximum Gasteiger partial charge on any atom is 0.234 e. The normalized spacial score (nSPS) is 24.8. The molecule has 2 atom stereocenters. The summed E-state index contributed by atoms with van der Waals surface area (Å²) in [7, 11) is 1.64. The lowest BCUT2D eigenvalue weighted by atomic mass is 10.1. The van der Waals surface area contributed by atoms with Gasteiger partial charge in [0.05, 0.1) is 0 Å². The van der Waals surface area contributed by atoms with Crippen molar-refractivity contribution in [2.45, 2.75) is 37.8 Å². The standard InChI is InChI=1S/C10H15N5OS/c1-16-5-8-12-13-10-15(8)14-9(17-10)6-2-3-7(11)4-6/h6-7H,2-5,11H2,1H3. The molecule has 1 fully saturated rings. The third kappa shape index (κ3) is 1.94. The smallest absolute Gasteiger partial charge is 0.234 e. The highest BCUT2D eigenvalue weighted by atomic mass is 32.1. The monoisotopic (exact) mass is 253 g/mol. The Balaban J connectivity index is 1.91. The maximum absolute atomic E-state index is 5.93. The van der Waals surface area contributed by atoms with Crippen molar-refractivity contribution < 1.29 is 4.74 Å². The van der Waals surface area contributed by atoms with Crippen molar-refractivity contribution in [2.75, 3.05) is 7.11 Å². The van der Waals surface area contributed by atoms with Gasteiger partial charge in [0.15, 0.2) is 5.82 Å². The fourth-order valence-electron chi connectivity index (χ4n) is 2.30. The highest BCUT2D eigenvalue weighted by Crippen LogP contribution is 2.35. The molecule has 1 aliphatic rings. The molecule has 7 heteroatoms. The molecule has 0 bridgehead atoms. The van der Waals surface area contributed by atoms with E-state index in [1.165, 1.54) is 0 Å². The molecule has 0 saturated heterocycles. The van der Waals surface area contributed by atoms with Crippen molar-refractivity contribution in [3.8, 4) is 0 Å². The minimum atomic E-state index is 0.327. The van der Waals surface area contributed by atoms with E-state index in [-0.39, 0.29) is 0 Å². The molecule has 2 aromatic rings. The first-order valence-electron chi connectivity index (χ1n) is 5.73. The van der Waals surface area contributed by atoms with Crippen LogP contribution in [-0.4, -0.2) is 33.0 Å². The number of ether oxygens (including phenoxy) is 1. The minimum Gasteiger partial charge on any atom is -0.377 e. The van der Waals surface area contributed by atoms with Gasteiger partial charge in [-0.2, -0.15) is 9.61 Å². The van der Waals surface area contributed by atoms with Gasteiger partial charge in [0.25, 0.3) is 0 Å². The zero-order valence-electron chi connectivity index (χ0n) is 9.67. The molecule has 92 valence electrons. The van der Waals surface area contributed by atoms with Crippen LogP contribution in [0.25, 0.3) is 4.96 Å². The van der Waals surface area contributed by atoms with Gasteiger partial charge in [-0.1, -0.05) is 11.3 Å². The van der Waals surface area contributed by atoms with Gasteiger partial charge >= 0.3 is 0 Å². The number of nitrogens with zero attached hydrogens (tertiary/aromatic N) is 4. The van der Waals surface area contributed by atoms with Crippen LogP contribution in [-0.2, 0) is 11.3 Å². The Labute approximate surface area is 103 Å². The van der Waals surface area contributed by atoms with Gasteiger partial charge < -0.3 is 10.5 Å². The lowest BCUT2D eigenvalue weighted by Crippen LogP contribution is -2.14. The molecular formula is C10H15N5OS. The van der Waals surface area contributed by atoms with Gasteiger partial charge in [0.2, 0.25) is 4.96 Å². The van der Waals surface area contributed by atoms with E-state index >= 15 is 0 Å². The number of rotatable bonds is 3. The summed E-state index contributed by atoms with van der Waals surface area (Å²) in [4.78, 5) is 0.840. The van der Waals surface area contributed by atoms with Crippen LogP contribution in [0.1, 0.15) is 36.0 Å². The number of hydrogen-bond donors (Lipinski definition) is 1. The number of fused-ring (bicyclic) bond motifs is 1. The predicted octanol–water partition coefficient (Wildman–Crippen LogP) is 0.927. The van der Waals surface area contributed by atoms with Crippen LogP contribution < -0.4 is 5.73 Å². The fraction of sp³-hybridized carbons (Fsp3) is 0.700. The quantitative estimate of drug-likeness (QED) is 0.880. The summed E-state index contributed by atoms with van der Waals surface area (Å²) in [5, 5.41) is 13.9. The molecular weight excluding hydrogens is 238 g/mol. The number of hydrogen-bond acceptors (Lipinski definition) is 6. The van der Waals surface area contributed by atoms with Crippen LogP contribution in [0.15, 0.2) is 0 Å². The first-order chi connectivity index (χ1) is 8.28. The van der Waals surface area contributed by atoms with Gasteiger partial charge in [0, 0.05) is 19.1 Å². The second kappa shape index (κ2) is 4.32. The maximum atomic E-state index is 5.93. The molecule has 6 nitrogen and oxygen atoms in total. The Morgan fingerprint density at radius 1 is 1.47 bits per heavy atom. The van der Waals surface area contributed by atoms with Gasteiger partial charge in [-0.05, 0) is 19.3 Å². The predicted molar refractivity (Wildman–Crippen MR) is 63.9 cm³/mol. The fourth-order valence-corrected chi connectivity index (χ4v) is 3.30. The van der Waals surface area contributed by atoms with E-state index in [2.05, 4.69) is 15.3 Å². The SMILES string of the molecule is COCc1nnc2sc(C3CCC(N)C3)nn12. The van der Waals surface area contributed by atoms with Crippen molar-refractivity contribution in [3.63, 3.8) is 0 Å². The molecule has 17 heavy (non-hydrogen) atoms. The molecule has 0 aromatic carbocycles. The second-order valence-corrected chi connectivity index (χ2v) is 5.44. The van der Waals surface area contributed by atoms with E-state index in [0.29, 0.717) is 18.6 Å². The van der Waals surface area contributed by atoms with Crippen LogP contribution in [0.4, 0.5) is 0 Å². The zero-order valence-corrected chi connectivity index (χ0v) is 10.5. The average Bonchev–Trinajstić information content (AvgIpc) is 2.95. The van der Waals surface area contributed by atoms with Crippen LogP contribution in [0.5, 0.6) is 0 Å². The summed E-state index contributed by atoms with van der Waals surface area (Å²) in [6.07, 6.45) is 3.25. The molecule has 2 aromatic heterocycles. The Hall–Kier alpha value is -1.05. The Morgan fingerprint density at radius 2 is 2.35 bits per heavy atom. The topological polar surface area (TPSA) is 78.3 Å². The Kier molecular flexibility index (Phi) is 2.81. The Morgan fingerprint density at radius 3 is 3.06 bits per heavy atom. The van der Waals surface area contributed by atoms with E-state index in [1.807, 2.05) is 0 Å². The molecule has 1 saturated carbocycles. The minimum absolute atomic E-state index is 0.327. The third-order valence-corrected chi connectivity index (χ3v) is 4.23. The third-order valence-electron chi connectivity index (χ3n) is 3.17. The summed E-state index contributed by atoms with van der Waals surface area (Å²) in [5.41, 5.74) is 5.93. The van der Waals surface area contributed by atoms with Crippen LogP contribution in [0.3, 0.4) is 0 Å². The molecule has 0 amide bonds. The van der Waals surface area contributed by atoms with Crippen LogP contribution >= 0.6 is 11.3 Å². The average molecular weight is 253 g/mol. The molecule has 0 radical (unpaired) electrons. The molecule has 1 aliphatic carbocycles. The van der Waals surface area contributed by atoms with E-state index in [9.17, 15) is 0 Å². The molecule has 2 N–H and O–H groups in total. The number of nitrogens with two attached hydrogens (primary N) is 1. The first kappa shape index (κ1) is 11.1. The summed E-state index contributed by atoms with van der Waals surface area (Å²) in [6, 6.07) is 0.327. The van der Waals surface area contributed by atoms with Crippen molar-refractivity contribution in [1.29, 1.82) is 0 Å². The second-order valence-electron chi connectivity index (χ2n) is 4.45. The lowest BCUT2D eigenvalue weighted by molar-refractivity contribution is 0.176. The molecule has 2 unspecified atom stereocenters. The van der Waals surface area contributed by atoms with Gasteiger partial charge in [-0.15, -0.1) is 10.2 Å². The summed E-state index contributed by atoms with van der Waals surface area (Å²) >= 11 is 1.61. The van der Waals surface area contributed by atoms with Gasteiger partial charge in [-0.25, -0.2) is 0 Å². The largest absolute Gasteiger partial charge is 0.377 e.